The van der Waals surface area contributed by atoms with Crippen LogP contribution in [0, 0.1) is 5.92 Å². The molecule has 1 unspecified atom stereocenters. The number of nitrogens with two attached hydrogens (primary N) is 1. The molecule has 0 aromatic heterocycles. The summed E-state index contributed by atoms with van der Waals surface area (Å²) in [4.78, 5) is 14.2. The van der Waals surface area contributed by atoms with E-state index in [0.717, 1.165) is 44.5 Å². The summed E-state index contributed by atoms with van der Waals surface area (Å²) in [6.07, 6.45) is 4.56. The molecule has 1 aromatic carbocycles. The van der Waals surface area contributed by atoms with E-state index in [9.17, 15) is 4.79 Å². The number of aryl methyl sites for hydroxylation is 1. The molecule has 4 nitrogen and oxygen atoms in total. The maximum Gasteiger partial charge on any atom is 0.222 e. The molecule has 2 rings (SSSR count). The van der Waals surface area contributed by atoms with Crippen molar-refractivity contribution in [3.05, 3.63) is 29.8 Å². The van der Waals surface area contributed by atoms with Crippen molar-refractivity contribution < 1.29 is 9.53 Å². The van der Waals surface area contributed by atoms with Crippen molar-refractivity contribution in [3.8, 4) is 5.75 Å². The Labute approximate surface area is 145 Å². The minimum atomic E-state index is 0. The van der Waals surface area contributed by atoms with Gasteiger partial charge in [0.05, 0.1) is 7.11 Å². The van der Waals surface area contributed by atoms with Crippen LogP contribution in [0.15, 0.2) is 24.3 Å². The average Bonchev–Trinajstić information content (AvgIpc) is 2.55. The van der Waals surface area contributed by atoms with Gasteiger partial charge in [0.25, 0.3) is 0 Å². The molecular formula is C18H29ClN2O2. The number of amides is 1. The van der Waals surface area contributed by atoms with Crippen LogP contribution in [-0.2, 0) is 11.2 Å². The van der Waals surface area contributed by atoms with E-state index >= 15 is 0 Å². The number of benzene rings is 1. The zero-order chi connectivity index (χ0) is 15.9. The van der Waals surface area contributed by atoms with E-state index in [1.807, 2.05) is 17.0 Å². The molecule has 0 aliphatic carbocycles. The second kappa shape index (κ2) is 9.78. The number of nitrogens with zero attached hydrogens (tertiary/aromatic N) is 1. The van der Waals surface area contributed by atoms with E-state index in [1.54, 1.807) is 7.11 Å². The third-order valence-electron chi connectivity index (χ3n) is 4.65. The lowest BCUT2D eigenvalue weighted by molar-refractivity contribution is -0.132. The molecule has 1 fully saturated rings. The quantitative estimate of drug-likeness (QED) is 0.866. The Bertz CT molecular complexity index is 468. The van der Waals surface area contributed by atoms with E-state index in [0.29, 0.717) is 12.3 Å². The first-order valence-corrected chi connectivity index (χ1v) is 8.26. The molecule has 1 heterocycles. The molecule has 2 N–H and O–H groups in total. The summed E-state index contributed by atoms with van der Waals surface area (Å²) in [5, 5.41) is 0. The molecule has 23 heavy (non-hydrogen) atoms. The number of ether oxygens (including phenoxy) is 1. The van der Waals surface area contributed by atoms with Gasteiger partial charge in [-0.05, 0) is 56.2 Å². The zero-order valence-corrected chi connectivity index (χ0v) is 15.0. The number of piperidine rings is 1. The van der Waals surface area contributed by atoms with Gasteiger partial charge in [-0.2, -0.15) is 0 Å². The van der Waals surface area contributed by atoms with E-state index in [4.69, 9.17) is 10.5 Å². The van der Waals surface area contributed by atoms with E-state index < -0.39 is 0 Å². The van der Waals surface area contributed by atoms with Crippen LogP contribution in [0.1, 0.15) is 38.2 Å². The molecule has 130 valence electrons. The van der Waals surface area contributed by atoms with E-state index in [2.05, 4.69) is 19.1 Å². The van der Waals surface area contributed by atoms with E-state index in [1.165, 1.54) is 5.56 Å². The Balaban J connectivity index is 0.00000264. The Morgan fingerprint density at radius 2 is 1.91 bits per heavy atom. The van der Waals surface area contributed by atoms with Crippen LogP contribution in [0.5, 0.6) is 5.75 Å². The number of carbonyl (C=O) groups is 1. The second-order valence-corrected chi connectivity index (χ2v) is 6.28. The molecule has 1 saturated heterocycles. The van der Waals surface area contributed by atoms with Gasteiger partial charge in [-0.3, -0.25) is 4.79 Å². The van der Waals surface area contributed by atoms with E-state index in [-0.39, 0.29) is 24.4 Å². The predicted octanol–water partition coefficient (Wildman–Crippen LogP) is 3.03. The minimum Gasteiger partial charge on any atom is -0.497 e. The van der Waals surface area contributed by atoms with Crippen LogP contribution in [0.3, 0.4) is 0 Å². The van der Waals surface area contributed by atoms with Gasteiger partial charge in [0.1, 0.15) is 5.75 Å². The van der Waals surface area contributed by atoms with Gasteiger partial charge < -0.3 is 15.4 Å². The normalized spacial score (nSPS) is 16.6. The van der Waals surface area contributed by atoms with Crippen LogP contribution in [0.25, 0.3) is 0 Å². The number of hydrogen-bond acceptors (Lipinski definition) is 3. The molecular weight excluding hydrogens is 312 g/mol. The summed E-state index contributed by atoms with van der Waals surface area (Å²) >= 11 is 0. The van der Waals surface area contributed by atoms with Gasteiger partial charge in [0.2, 0.25) is 5.91 Å². The molecule has 0 spiro atoms. The Morgan fingerprint density at radius 3 is 2.43 bits per heavy atom. The van der Waals surface area contributed by atoms with Gasteiger partial charge in [-0.25, -0.2) is 0 Å². The molecule has 0 saturated carbocycles. The minimum absolute atomic E-state index is 0. The van der Waals surface area contributed by atoms with Crippen molar-refractivity contribution in [2.24, 2.45) is 11.7 Å². The molecule has 1 amide bonds. The van der Waals surface area contributed by atoms with Crippen molar-refractivity contribution in [2.45, 2.75) is 45.1 Å². The number of likely N-dealkylation sites (tertiary alicyclic amines) is 1. The fourth-order valence-electron chi connectivity index (χ4n) is 3.07. The van der Waals surface area contributed by atoms with Crippen LogP contribution in [0.2, 0.25) is 0 Å². The SMILES string of the molecule is COc1ccc(CCCC(=O)N2CCC(C(C)N)CC2)cc1.Cl. The first-order valence-electron chi connectivity index (χ1n) is 8.26. The average molecular weight is 341 g/mol. The maximum absolute atomic E-state index is 12.2. The number of hydrogen-bond donors (Lipinski definition) is 1. The Kier molecular flexibility index (Phi) is 8.42. The molecule has 1 aliphatic rings. The monoisotopic (exact) mass is 340 g/mol. The van der Waals surface area contributed by atoms with Gasteiger partial charge in [0.15, 0.2) is 0 Å². The van der Waals surface area contributed by atoms with Gasteiger partial charge in [0, 0.05) is 25.6 Å². The number of halogens is 1. The fraction of sp³-hybridized carbons (Fsp3) is 0.611. The Hall–Kier alpha value is -1.26. The topological polar surface area (TPSA) is 55.6 Å². The van der Waals surface area contributed by atoms with Crippen LogP contribution >= 0.6 is 12.4 Å². The highest BCUT2D eigenvalue weighted by atomic mass is 35.5. The molecule has 0 radical (unpaired) electrons. The van der Waals surface area contributed by atoms with Gasteiger partial charge >= 0.3 is 0 Å². The summed E-state index contributed by atoms with van der Waals surface area (Å²) in [7, 11) is 1.67. The van der Waals surface area contributed by atoms with Crippen molar-refractivity contribution in [2.75, 3.05) is 20.2 Å². The highest BCUT2D eigenvalue weighted by Gasteiger charge is 2.24. The van der Waals surface area contributed by atoms with Crippen molar-refractivity contribution in [1.82, 2.24) is 4.90 Å². The first-order chi connectivity index (χ1) is 10.6. The van der Waals surface area contributed by atoms with Crippen molar-refractivity contribution in [3.63, 3.8) is 0 Å². The number of methoxy groups -OCH3 is 1. The third-order valence-corrected chi connectivity index (χ3v) is 4.65. The fourth-order valence-corrected chi connectivity index (χ4v) is 3.07. The van der Waals surface area contributed by atoms with Gasteiger partial charge in [-0.1, -0.05) is 12.1 Å². The summed E-state index contributed by atoms with van der Waals surface area (Å²) in [5.74, 6) is 1.73. The van der Waals surface area contributed by atoms with Crippen molar-refractivity contribution >= 4 is 18.3 Å². The molecule has 5 heteroatoms. The highest BCUT2D eigenvalue weighted by molar-refractivity contribution is 5.85. The summed E-state index contributed by atoms with van der Waals surface area (Å²) in [6, 6.07) is 8.31. The standard InChI is InChI=1S/C18H28N2O2.ClH/c1-14(19)16-10-12-20(13-11-16)18(21)5-3-4-15-6-8-17(22-2)9-7-15;/h6-9,14,16H,3-5,10-13,19H2,1-2H3;1H. The summed E-state index contributed by atoms with van der Waals surface area (Å²) in [6.45, 7) is 3.80. The smallest absolute Gasteiger partial charge is 0.222 e. The van der Waals surface area contributed by atoms with Crippen LogP contribution < -0.4 is 10.5 Å². The van der Waals surface area contributed by atoms with Crippen molar-refractivity contribution in [1.29, 1.82) is 0 Å². The summed E-state index contributed by atoms with van der Waals surface area (Å²) in [5.41, 5.74) is 7.20. The largest absolute Gasteiger partial charge is 0.497 e. The third kappa shape index (κ3) is 6.04. The zero-order valence-electron chi connectivity index (χ0n) is 14.2. The molecule has 0 bridgehead atoms. The molecule has 1 aromatic rings. The number of rotatable bonds is 6. The van der Waals surface area contributed by atoms with Crippen LogP contribution in [-0.4, -0.2) is 37.0 Å². The molecule has 1 atom stereocenters. The second-order valence-electron chi connectivity index (χ2n) is 6.28. The Morgan fingerprint density at radius 1 is 1.30 bits per heavy atom. The van der Waals surface area contributed by atoms with Gasteiger partial charge in [-0.15, -0.1) is 12.4 Å². The maximum atomic E-state index is 12.2. The highest BCUT2D eigenvalue weighted by Crippen LogP contribution is 2.20. The lowest BCUT2D eigenvalue weighted by Crippen LogP contribution is -2.42. The predicted molar refractivity (Wildman–Crippen MR) is 96.1 cm³/mol. The molecule has 1 aliphatic heterocycles. The van der Waals surface area contributed by atoms with Crippen LogP contribution in [0.4, 0.5) is 0 Å². The lowest BCUT2D eigenvalue weighted by atomic mass is 9.91. The summed E-state index contributed by atoms with van der Waals surface area (Å²) < 4.78 is 5.15. The number of carbonyl (C=O) groups excluding carboxylic acids is 1. The lowest BCUT2D eigenvalue weighted by Gasteiger charge is -2.33. The first kappa shape index (κ1) is 19.8.